The molecule has 0 bridgehead atoms. The Balaban J connectivity index is 1.65. The summed E-state index contributed by atoms with van der Waals surface area (Å²) in [6.07, 6.45) is 5.35. The molecule has 26 heavy (non-hydrogen) atoms. The number of halogens is 2. The Bertz CT molecular complexity index is 696. The lowest BCUT2D eigenvalue weighted by Gasteiger charge is -2.35. The standard InChI is InChI=1S/C19H28Cl2N2O2S/c1-14-4-6-23(7-5-14)18-3-2-17(11-18)22-26(24,25)19-9-15(12-20)8-16(10-19)13-21/h8-10,14,17-18,22H,2-7,11-13H2,1H3. The van der Waals surface area contributed by atoms with E-state index in [0.29, 0.717) is 6.04 Å². The van der Waals surface area contributed by atoms with Crippen LogP contribution in [-0.4, -0.2) is 38.5 Å². The lowest BCUT2D eigenvalue weighted by molar-refractivity contribution is 0.139. The van der Waals surface area contributed by atoms with E-state index in [0.717, 1.165) is 49.4 Å². The molecule has 4 nitrogen and oxygen atoms in total. The average molecular weight is 419 g/mol. The van der Waals surface area contributed by atoms with Crippen LogP contribution in [0.4, 0.5) is 0 Å². The van der Waals surface area contributed by atoms with Gasteiger partial charge in [0.05, 0.1) is 4.90 Å². The summed E-state index contributed by atoms with van der Waals surface area (Å²) in [6, 6.07) is 5.64. The molecule has 1 saturated carbocycles. The van der Waals surface area contributed by atoms with Crippen LogP contribution in [0, 0.1) is 5.92 Å². The molecule has 146 valence electrons. The molecular weight excluding hydrogens is 391 g/mol. The van der Waals surface area contributed by atoms with Crippen LogP contribution in [0.1, 0.15) is 50.2 Å². The molecule has 0 amide bonds. The van der Waals surface area contributed by atoms with E-state index < -0.39 is 10.0 Å². The van der Waals surface area contributed by atoms with E-state index in [1.54, 1.807) is 12.1 Å². The third kappa shape index (κ3) is 4.93. The summed E-state index contributed by atoms with van der Waals surface area (Å²) in [7, 11) is -3.56. The Morgan fingerprint density at radius 2 is 1.65 bits per heavy atom. The number of rotatable bonds is 6. The minimum Gasteiger partial charge on any atom is -0.300 e. The smallest absolute Gasteiger partial charge is 0.240 e. The van der Waals surface area contributed by atoms with Crippen LogP contribution in [0.15, 0.2) is 23.1 Å². The lowest BCUT2D eigenvalue weighted by atomic mass is 9.97. The first-order valence-corrected chi connectivity index (χ1v) is 12.0. The van der Waals surface area contributed by atoms with Crippen molar-refractivity contribution in [2.45, 2.75) is 67.8 Å². The van der Waals surface area contributed by atoms with Crippen molar-refractivity contribution in [2.75, 3.05) is 13.1 Å². The van der Waals surface area contributed by atoms with Gasteiger partial charge in [-0.1, -0.05) is 13.0 Å². The van der Waals surface area contributed by atoms with Crippen molar-refractivity contribution in [3.63, 3.8) is 0 Å². The van der Waals surface area contributed by atoms with Gasteiger partial charge in [0.2, 0.25) is 10.0 Å². The van der Waals surface area contributed by atoms with Crippen molar-refractivity contribution in [1.82, 2.24) is 9.62 Å². The van der Waals surface area contributed by atoms with Gasteiger partial charge in [0.15, 0.2) is 0 Å². The average Bonchev–Trinajstić information content (AvgIpc) is 3.09. The summed E-state index contributed by atoms with van der Waals surface area (Å²) in [5, 5.41) is 0. The van der Waals surface area contributed by atoms with E-state index in [1.165, 1.54) is 12.8 Å². The second-order valence-electron chi connectivity index (χ2n) is 7.76. The quantitative estimate of drug-likeness (QED) is 0.707. The molecule has 7 heteroatoms. The molecule has 1 aromatic carbocycles. The summed E-state index contributed by atoms with van der Waals surface area (Å²) < 4.78 is 28.6. The Kier molecular flexibility index (Phi) is 6.89. The minimum atomic E-state index is -3.56. The topological polar surface area (TPSA) is 49.4 Å². The van der Waals surface area contributed by atoms with Crippen LogP contribution < -0.4 is 4.72 Å². The molecule has 1 aliphatic carbocycles. The molecule has 0 spiro atoms. The predicted octanol–water partition coefficient (Wildman–Crippen LogP) is 4.10. The van der Waals surface area contributed by atoms with Crippen molar-refractivity contribution in [3.8, 4) is 0 Å². The van der Waals surface area contributed by atoms with Crippen molar-refractivity contribution in [1.29, 1.82) is 0 Å². The maximum Gasteiger partial charge on any atom is 0.240 e. The van der Waals surface area contributed by atoms with E-state index in [4.69, 9.17) is 23.2 Å². The maximum atomic E-state index is 12.8. The number of nitrogens with zero attached hydrogens (tertiary/aromatic N) is 1. The Labute approximate surface area is 167 Å². The molecule has 2 aliphatic rings. The second-order valence-corrected chi connectivity index (χ2v) is 10.0. The third-order valence-electron chi connectivity index (χ3n) is 5.71. The molecule has 0 aromatic heterocycles. The molecule has 1 aromatic rings. The number of piperidine rings is 1. The molecule has 0 radical (unpaired) electrons. The first kappa shape index (κ1) is 20.4. The van der Waals surface area contributed by atoms with Gasteiger partial charge in [-0.05, 0) is 74.4 Å². The zero-order valence-corrected chi connectivity index (χ0v) is 17.6. The molecule has 1 aliphatic heterocycles. The maximum absolute atomic E-state index is 12.8. The normalized spacial score (nSPS) is 25.7. The molecule has 1 saturated heterocycles. The van der Waals surface area contributed by atoms with Gasteiger partial charge in [0.1, 0.15) is 0 Å². The highest BCUT2D eigenvalue weighted by molar-refractivity contribution is 7.89. The van der Waals surface area contributed by atoms with Gasteiger partial charge in [0.25, 0.3) is 0 Å². The highest BCUT2D eigenvalue weighted by atomic mass is 35.5. The van der Waals surface area contributed by atoms with Crippen LogP contribution in [0.2, 0.25) is 0 Å². The van der Waals surface area contributed by atoms with E-state index in [-0.39, 0.29) is 22.7 Å². The van der Waals surface area contributed by atoms with Crippen LogP contribution in [0.25, 0.3) is 0 Å². The fourth-order valence-corrected chi connectivity index (χ4v) is 5.83. The summed E-state index contributed by atoms with van der Waals surface area (Å²) >= 11 is 11.8. The Morgan fingerprint density at radius 3 is 2.23 bits per heavy atom. The lowest BCUT2D eigenvalue weighted by Crippen LogP contribution is -2.41. The van der Waals surface area contributed by atoms with E-state index >= 15 is 0 Å². The van der Waals surface area contributed by atoms with Gasteiger partial charge >= 0.3 is 0 Å². The fourth-order valence-electron chi connectivity index (χ4n) is 4.12. The fraction of sp³-hybridized carbons (Fsp3) is 0.684. The zero-order valence-electron chi connectivity index (χ0n) is 15.3. The number of benzene rings is 1. The van der Waals surface area contributed by atoms with E-state index in [1.807, 2.05) is 6.07 Å². The minimum absolute atomic E-state index is 0.00320. The van der Waals surface area contributed by atoms with Crippen LogP contribution in [0.5, 0.6) is 0 Å². The van der Waals surface area contributed by atoms with Gasteiger partial charge < -0.3 is 4.90 Å². The summed E-state index contributed by atoms with van der Waals surface area (Å²) in [4.78, 5) is 2.81. The van der Waals surface area contributed by atoms with E-state index in [9.17, 15) is 8.42 Å². The number of nitrogens with one attached hydrogen (secondary N) is 1. The molecule has 2 atom stereocenters. The summed E-state index contributed by atoms with van der Waals surface area (Å²) in [5.41, 5.74) is 1.55. The number of likely N-dealkylation sites (tertiary alicyclic amines) is 1. The first-order chi connectivity index (χ1) is 12.4. The molecular formula is C19H28Cl2N2O2S. The van der Waals surface area contributed by atoms with E-state index in [2.05, 4.69) is 16.5 Å². The van der Waals surface area contributed by atoms with Crippen molar-refractivity contribution >= 4 is 33.2 Å². The van der Waals surface area contributed by atoms with Gasteiger partial charge in [0, 0.05) is 23.8 Å². The van der Waals surface area contributed by atoms with Crippen LogP contribution in [-0.2, 0) is 21.8 Å². The first-order valence-electron chi connectivity index (χ1n) is 9.42. The van der Waals surface area contributed by atoms with Crippen molar-refractivity contribution in [3.05, 3.63) is 29.3 Å². The molecule has 2 unspecified atom stereocenters. The predicted molar refractivity (Wildman–Crippen MR) is 107 cm³/mol. The second kappa shape index (κ2) is 8.78. The highest BCUT2D eigenvalue weighted by Gasteiger charge is 2.33. The number of alkyl halides is 2. The SMILES string of the molecule is CC1CCN(C2CCC(NS(=O)(=O)c3cc(CCl)cc(CCl)c3)C2)CC1. The number of hydrogen-bond donors (Lipinski definition) is 1. The molecule has 3 rings (SSSR count). The van der Waals surface area contributed by atoms with Crippen LogP contribution in [0.3, 0.4) is 0 Å². The molecule has 2 fully saturated rings. The zero-order chi connectivity index (χ0) is 18.7. The summed E-state index contributed by atoms with van der Waals surface area (Å²) in [6.45, 7) is 4.59. The third-order valence-corrected chi connectivity index (χ3v) is 7.82. The Hall–Kier alpha value is -0.330. The molecule has 1 N–H and O–H groups in total. The Morgan fingerprint density at radius 1 is 1.04 bits per heavy atom. The van der Waals surface area contributed by atoms with Gasteiger partial charge in [-0.2, -0.15) is 0 Å². The van der Waals surface area contributed by atoms with Crippen molar-refractivity contribution in [2.24, 2.45) is 5.92 Å². The van der Waals surface area contributed by atoms with Gasteiger partial charge in [-0.25, -0.2) is 13.1 Å². The largest absolute Gasteiger partial charge is 0.300 e. The number of sulfonamides is 1. The molecule has 1 heterocycles. The van der Waals surface area contributed by atoms with Gasteiger partial charge in [-0.3, -0.25) is 0 Å². The van der Waals surface area contributed by atoms with Gasteiger partial charge in [-0.15, -0.1) is 23.2 Å². The monoisotopic (exact) mass is 418 g/mol. The van der Waals surface area contributed by atoms with Crippen LogP contribution >= 0.6 is 23.2 Å². The number of hydrogen-bond acceptors (Lipinski definition) is 3. The highest BCUT2D eigenvalue weighted by Crippen LogP contribution is 2.29. The summed E-state index contributed by atoms with van der Waals surface area (Å²) in [5.74, 6) is 1.35. The van der Waals surface area contributed by atoms with Crippen molar-refractivity contribution < 1.29 is 8.42 Å².